The molecule has 1 unspecified atom stereocenters. The minimum Gasteiger partial charge on any atom is -0.444 e. The minimum atomic E-state index is -1.03. The van der Waals surface area contributed by atoms with Gasteiger partial charge in [-0.15, -0.1) is 0 Å². The fraction of sp³-hybridized carbons (Fsp3) is 0.462. The van der Waals surface area contributed by atoms with Crippen LogP contribution in [-0.4, -0.2) is 28.5 Å². The molecule has 1 amide bonds. The largest absolute Gasteiger partial charge is 0.444 e. The lowest BCUT2D eigenvalue weighted by Crippen LogP contribution is -2.27. The Morgan fingerprint density at radius 2 is 2.00 bits per heavy atom. The zero-order valence-electron chi connectivity index (χ0n) is 10.8. The van der Waals surface area contributed by atoms with E-state index in [1.807, 2.05) is 0 Å². The molecule has 1 aromatic rings. The number of aliphatic hydroxyl groups excluding tert-OH is 2. The lowest BCUT2D eigenvalue weighted by molar-refractivity contribution is 0.0634. The normalized spacial score (nSPS) is 12.9. The average molecular weight is 253 g/mol. The van der Waals surface area contributed by atoms with Gasteiger partial charge in [-0.25, -0.2) is 4.79 Å². The first-order valence-electron chi connectivity index (χ1n) is 5.71. The number of hydrogen-bond donors (Lipinski definition) is 3. The highest BCUT2D eigenvalue weighted by Crippen LogP contribution is 2.23. The quantitative estimate of drug-likeness (QED) is 0.770. The highest BCUT2D eigenvalue weighted by molar-refractivity contribution is 5.86. The summed E-state index contributed by atoms with van der Waals surface area (Å²) in [6.07, 6.45) is -1.63. The van der Waals surface area contributed by atoms with E-state index in [1.54, 1.807) is 45.0 Å². The van der Waals surface area contributed by atoms with Crippen LogP contribution in [0.3, 0.4) is 0 Å². The van der Waals surface area contributed by atoms with Gasteiger partial charge in [-0.2, -0.15) is 0 Å². The number of carbonyl (C=O) groups excluding carboxylic acids is 1. The van der Waals surface area contributed by atoms with Crippen molar-refractivity contribution in [3.05, 3.63) is 29.8 Å². The molecule has 0 aromatic heterocycles. The zero-order chi connectivity index (χ0) is 13.8. The van der Waals surface area contributed by atoms with E-state index >= 15 is 0 Å². The molecule has 0 aliphatic rings. The molecule has 0 radical (unpaired) electrons. The van der Waals surface area contributed by atoms with Crippen molar-refractivity contribution in [2.24, 2.45) is 0 Å². The summed E-state index contributed by atoms with van der Waals surface area (Å²) in [6, 6.07) is 6.71. The van der Waals surface area contributed by atoms with E-state index in [2.05, 4.69) is 5.32 Å². The van der Waals surface area contributed by atoms with Crippen LogP contribution in [0.4, 0.5) is 10.5 Å². The third-order valence-corrected chi connectivity index (χ3v) is 2.13. The summed E-state index contributed by atoms with van der Waals surface area (Å²) in [5.74, 6) is 0. The molecule has 3 N–H and O–H groups in total. The number of benzene rings is 1. The number of para-hydroxylation sites is 1. The maximum atomic E-state index is 11.6. The summed E-state index contributed by atoms with van der Waals surface area (Å²) in [6.45, 7) is 4.89. The van der Waals surface area contributed by atoms with Crippen molar-refractivity contribution >= 4 is 11.8 Å². The second-order valence-electron chi connectivity index (χ2n) is 4.91. The van der Waals surface area contributed by atoms with Gasteiger partial charge in [0.05, 0.1) is 6.61 Å². The second-order valence-corrected chi connectivity index (χ2v) is 4.91. The average Bonchev–Trinajstić information content (AvgIpc) is 2.26. The Labute approximate surface area is 106 Å². The van der Waals surface area contributed by atoms with Crippen LogP contribution in [-0.2, 0) is 4.74 Å². The molecule has 5 heteroatoms. The van der Waals surface area contributed by atoms with Gasteiger partial charge in [-0.1, -0.05) is 18.2 Å². The summed E-state index contributed by atoms with van der Waals surface area (Å²) in [7, 11) is 0. The Balaban J connectivity index is 2.81. The molecule has 5 nitrogen and oxygen atoms in total. The summed E-state index contributed by atoms with van der Waals surface area (Å²) in [4.78, 5) is 11.6. The van der Waals surface area contributed by atoms with E-state index < -0.39 is 24.4 Å². The number of carbonyl (C=O) groups is 1. The van der Waals surface area contributed by atoms with Gasteiger partial charge in [-0.3, -0.25) is 5.32 Å². The third-order valence-electron chi connectivity index (χ3n) is 2.13. The van der Waals surface area contributed by atoms with Gasteiger partial charge in [0, 0.05) is 11.3 Å². The number of amides is 1. The van der Waals surface area contributed by atoms with E-state index in [1.165, 1.54) is 0 Å². The molecule has 0 aliphatic heterocycles. The van der Waals surface area contributed by atoms with Gasteiger partial charge >= 0.3 is 6.09 Å². The first-order valence-corrected chi connectivity index (χ1v) is 5.71. The Kier molecular flexibility index (Phi) is 4.69. The fourth-order valence-corrected chi connectivity index (χ4v) is 1.41. The van der Waals surface area contributed by atoms with Crippen LogP contribution in [0.25, 0.3) is 0 Å². The Bertz CT molecular complexity index is 412. The van der Waals surface area contributed by atoms with Crippen molar-refractivity contribution in [3.63, 3.8) is 0 Å². The van der Waals surface area contributed by atoms with E-state index in [-0.39, 0.29) is 0 Å². The van der Waals surface area contributed by atoms with E-state index in [4.69, 9.17) is 9.84 Å². The Morgan fingerprint density at radius 1 is 1.39 bits per heavy atom. The lowest BCUT2D eigenvalue weighted by atomic mass is 10.1. The number of rotatable bonds is 3. The molecule has 0 heterocycles. The summed E-state index contributed by atoms with van der Waals surface area (Å²) < 4.78 is 5.12. The zero-order valence-corrected chi connectivity index (χ0v) is 10.8. The predicted octanol–water partition coefficient (Wildman–Crippen LogP) is 2.06. The van der Waals surface area contributed by atoms with Crippen LogP contribution in [0.1, 0.15) is 32.4 Å². The van der Waals surface area contributed by atoms with Crippen molar-refractivity contribution in [1.82, 2.24) is 0 Å². The topological polar surface area (TPSA) is 78.8 Å². The van der Waals surface area contributed by atoms with Crippen molar-refractivity contribution in [2.75, 3.05) is 11.9 Å². The number of ether oxygens (including phenoxy) is 1. The Morgan fingerprint density at radius 3 is 2.56 bits per heavy atom. The minimum absolute atomic E-state index is 0.410. The van der Waals surface area contributed by atoms with E-state index in [0.29, 0.717) is 11.3 Å². The standard InChI is InChI=1S/C13H19NO4/c1-13(2,3)18-12(17)14-10-7-5-4-6-9(10)11(16)8-15/h4-7,11,15-16H,8H2,1-3H3,(H,14,17). The summed E-state index contributed by atoms with van der Waals surface area (Å²) in [5, 5.41) is 21.1. The molecule has 1 rings (SSSR count). The van der Waals surface area contributed by atoms with Gasteiger partial charge in [-0.05, 0) is 26.8 Å². The van der Waals surface area contributed by atoms with Gasteiger partial charge < -0.3 is 14.9 Å². The third kappa shape index (κ3) is 4.35. The molecule has 0 aliphatic carbocycles. The molecule has 0 spiro atoms. The monoisotopic (exact) mass is 253 g/mol. The van der Waals surface area contributed by atoms with Gasteiger partial charge in [0.25, 0.3) is 0 Å². The molecular formula is C13H19NO4. The summed E-state index contributed by atoms with van der Waals surface area (Å²) in [5.41, 5.74) is 0.286. The molecule has 1 atom stereocenters. The number of hydrogen-bond acceptors (Lipinski definition) is 4. The molecule has 18 heavy (non-hydrogen) atoms. The molecule has 0 saturated heterocycles. The molecule has 0 fully saturated rings. The maximum Gasteiger partial charge on any atom is 0.412 e. The van der Waals surface area contributed by atoms with E-state index in [0.717, 1.165) is 0 Å². The summed E-state index contributed by atoms with van der Waals surface area (Å²) >= 11 is 0. The SMILES string of the molecule is CC(C)(C)OC(=O)Nc1ccccc1C(O)CO. The second kappa shape index (κ2) is 5.84. The molecule has 1 aromatic carbocycles. The van der Waals surface area contributed by atoms with E-state index in [9.17, 15) is 9.90 Å². The molecule has 100 valence electrons. The highest BCUT2D eigenvalue weighted by Gasteiger charge is 2.18. The first-order chi connectivity index (χ1) is 8.33. The first kappa shape index (κ1) is 14.5. The van der Waals surface area contributed by atoms with Crippen LogP contribution < -0.4 is 5.32 Å². The van der Waals surface area contributed by atoms with Crippen molar-refractivity contribution in [2.45, 2.75) is 32.5 Å². The van der Waals surface area contributed by atoms with Crippen LogP contribution in [0.5, 0.6) is 0 Å². The van der Waals surface area contributed by atoms with Crippen LogP contribution >= 0.6 is 0 Å². The van der Waals surface area contributed by atoms with Crippen molar-refractivity contribution in [1.29, 1.82) is 0 Å². The van der Waals surface area contributed by atoms with Gasteiger partial charge in [0.1, 0.15) is 11.7 Å². The van der Waals surface area contributed by atoms with Gasteiger partial charge in [0.2, 0.25) is 0 Å². The van der Waals surface area contributed by atoms with Crippen LogP contribution in [0.15, 0.2) is 24.3 Å². The number of aliphatic hydroxyl groups is 2. The smallest absolute Gasteiger partial charge is 0.412 e. The molecule has 0 bridgehead atoms. The molecular weight excluding hydrogens is 234 g/mol. The lowest BCUT2D eigenvalue weighted by Gasteiger charge is -2.21. The molecule has 0 saturated carbocycles. The van der Waals surface area contributed by atoms with Crippen LogP contribution in [0.2, 0.25) is 0 Å². The fourth-order valence-electron chi connectivity index (χ4n) is 1.41. The maximum absolute atomic E-state index is 11.6. The Hall–Kier alpha value is -1.59. The number of nitrogens with one attached hydrogen (secondary N) is 1. The van der Waals surface area contributed by atoms with Gasteiger partial charge in [0.15, 0.2) is 0 Å². The predicted molar refractivity (Wildman–Crippen MR) is 68.3 cm³/mol. The van der Waals surface area contributed by atoms with Crippen molar-refractivity contribution < 1.29 is 19.7 Å². The van der Waals surface area contributed by atoms with Crippen molar-refractivity contribution in [3.8, 4) is 0 Å². The van der Waals surface area contributed by atoms with Crippen LogP contribution in [0, 0.1) is 0 Å². The highest BCUT2D eigenvalue weighted by atomic mass is 16.6. The number of anilines is 1.